The number of amides is 2. The minimum absolute atomic E-state index is 0.0256. The second kappa shape index (κ2) is 14.6. The minimum atomic E-state index is -1.14. The van der Waals surface area contributed by atoms with Gasteiger partial charge in [0.2, 0.25) is 11.8 Å². The maximum absolute atomic E-state index is 14.2. The molecule has 44 heavy (non-hydrogen) atoms. The quantitative estimate of drug-likeness (QED) is 0.246. The van der Waals surface area contributed by atoms with Gasteiger partial charge in [0.25, 0.3) is 0 Å². The van der Waals surface area contributed by atoms with Crippen molar-refractivity contribution >= 4 is 34.4 Å². The molecule has 2 fully saturated rings. The smallest absolute Gasteiger partial charge is 0.247 e. The van der Waals surface area contributed by atoms with Gasteiger partial charge in [-0.1, -0.05) is 36.2 Å². The fraction of sp³-hybridized carbons (Fsp3) is 0.529. The summed E-state index contributed by atoms with van der Waals surface area (Å²) in [6.45, 7) is 2.01. The van der Waals surface area contributed by atoms with E-state index in [-0.39, 0.29) is 38.0 Å². The van der Waals surface area contributed by atoms with Crippen molar-refractivity contribution in [2.75, 3.05) is 20.3 Å². The number of hydrogen-bond acceptors (Lipinski definition) is 7. The zero-order chi connectivity index (χ0) is 31.4. The van der Waals surface area contributed by atoms with E-state index in [4.69, 9.17) is 9.47 Å². The van der Waals surface area contributed by atoms with Crippen molar-refractivity contribution < 1.29 is 34.4 Å². The van der Waals surface area contributed by atoms with Crippen LogP contribution in [0.5, 0.6) is 11.5 Å². The zero-order valence-corrected chi connectivity index (χ0v) is 27.5. The van der Waals surface area contributed by atoms with Crippen molar-refractivity contribution in [3.05, 3.63) is 68.3 Å². The van der Waals surface area contributed by atoms with Crippen LogP contribution in [0.4, 0.5) is 0 Å². The number of carbonyl (C=O) groups excluding carboxylic acids is 2. The summed E-state index contributed by atoms with van der Waals surface area (Å²) in [5, 5.41) is 33.6. The number of aryl methyl sites for hydroxylation is 1. The number of benzene rings is 2. The van der Waals surface area contributed by atoms with Crippen LogP contribution in [-0.4, -0.2) is 70.5 Å². The van der Waals surface area contributed by atoms with Gasteiger partial charge in [-0.25, -0.2) is 0 Å². The summed E-state index contributed by atoms with van der Waals surface area (Å²) in [5.74, 6) is 1.99. The number of ether oxygens (including phenoxy) is 2. The van der Waals surface area contributed by atoms with Gasteiger partial charge in [-0.2, -0.15) is 0 Å². The molecule has 0 heterocycles. The minimum Gasteiger partial charge on any atom is -0.493 e. The normalized spacial score (nSPS) is 25.8. The molecular formula is C34H43IN2O7. The molecule has 0 aromatic heterocycles. The summed E-state index contributed by atoms with van der Waals surface area (Å²) in [5.41, 5.74) is 3.08. The maximum Gasteiger partial charge on any atom is 0.247 e. The highest BCUT2D eigenvalue weighted by Gasteiger charge is 2.44. The summed E-state index contributed by atoms with van der Waals surface area (Å²) >= 11 is 2.09. The number of carbonyl (C=O) groups is 2. The van der Waals surface area contributed by atoms with E-state index in [1.165, 1.54) is 26.4 Å². The van der Waals surface area contributed by atoms with E-state index in [0.717, 1.165) is 17.5 Å². The standard InChI is InChI=1S/C34H43IN2O7/c1-20-3-5-21(6-4-20)18-37(31(40)17-25-12-22-7-8-24(25)11-22)28-15-26(34(42)36-9-10-38)16-29(32(28)41)44-33-27(35)13-23(19-39)14-30(33)43-2/h3-6,13-14,16,22,24-25,28-29,32,38-39,41H,7-12,15,17-19H2,1-2H3,(H,36,42)/t22?,24?,25?,28-,29+,32+/m1/s1. The third kappa shape index (κ3) is 7.41. The molecule has 10 heteroatoms. The molecule has 238 valence electrons. The van der Waals surface area contributed by atoms with Gasteiger partial charge >= 0.3 is 0 Å². The highest BCUT2D eigenvalue weighted by Crippen LogP contribution is 2.50. The number of methoxy groups -OCH3 is 1. The van der Waals surface area contributed by atoms with Crippen molar-refractivity contribution in [1.29, 1.82) is 0 Å². The monoisotopic (exact) mass is 718 g/mol. The fourth-order valence-electron chi connectivity index (χ4n) is 7.14. The Balaban J connectivity index is 1.48. The first kappa shape index (κ1) is 32.7. The Labute approximate surface area is 272 Å². The van der Waals surface area contributed by atoms with Crippen LogP contribution in [0.2, 0.25) is 0 Å². The predicted molar refractivity (Wildman–Crippen MR) is 174 cm³/mol. The number of halogens is 1. The predicted octanol–water partition coefficient (Wildman–Crippen LogP) is 3.87. The molecule has 2 aromatic carbocycles. The second-order valence-corrected chi connectivity index (χ2v) is 13.6. The number of aliphatic hydroxyl groups is 3. The highest BCUT2D eigenvalue weighted by molar-refractivity contribution is 14.1. The molecule has 0 aliphatic heterocycles. The fourth-order valence-corrected chi connectivity index (χ4v) is 7.94. The summed E-state index contributed by atoms with van der Waals surface area (Å²) in [6, 6.07) is 10.7. The van der Waals surface area contributed by atoms with E-state index < -0.39 is 18.2 Å². The van der Waals surface area contributed by atoms with Crippen LogP contribution in [0, 0.1) is 28.2 Å². The Morgan fingerprint density at radius 2 is 1.86 bits per heavy atom. The Hall–Kier alpha value is -2.67. The van der Waals surface area contributed by atoms with Crippen molar-refractivity contribution in [3.8, 4) is 11.5 Å². The molecule has 0 radical (unpaired) electrons. The molecule has 4 N–H and O–H groups in total. The summed E-state index contributed by atoms with van der Waals surface area (Å²) < 4.78 is 12.6. The van der Waals surface area contributed by atoms with Gasteiger partial charge in [-0.15, -0.1) is 0 Å². The SMILES string of the molecule is COc1cc(CO)cc(I)c1O[C@H]1C=C(C(=O)NCCO)C[C@@H](N(Cc2ccc(C)cc2)C(=O)CC2CC3CCC2C3)[C@@H]1O. The first-order chi connectivity index (χ1) is 21.2. The highest BCUT2D eigenvalue weighted by atomic mass is 127. The molecule has 0 saturated heterocycles. The van der Waals surface area contributed by atoms with E-state index in [9.17, 15) is 24.9 Å². The van der Waals surface area contributed by atoms with Gasteiger partial charge in [0.05, 0.1) is 29.9 Å². The van der Waals surface area contributed by atoms with Crippen molar-refractivity contribution in [1.82, 2.24) is 10.2 Å². The average Bonchev–Trinajstić information content (AvgIpc) is 3.65. The lowest BCUT2D eigenvalue weighted by Crippen LogP contribution is -2.55. The molecule has 2 aromatic rings. The van der Waals surface area contributed by atoms with Crippen LogP contribution in [0.15, 0.2) is 48.0 Å². The Bertz CT molecular complexity index is 1360. The molecule has 6 atom stereocenters. The van der Waals surface area contributed by atoms with Gasteiger partial charge in [0.15, 0.2) is 11.5 Å². The lowest BCUT2D eigenvalue weighted by molar-refractivity contribution is -0.141. The third-order valence-electron chi connectivity index (χ3n) is 9.46. The Morgan fingerprint density at radius 1 is 1.09 bits per heavy atom. The Kier molecular flexibility index (Phi) is 10.9. The number of fused-ring (bicyclic) bond motifs is 2. The topological polar surface area (TPSA) is 129 Å². The number of aliphatic hydroxyl groups excluding tert-OH is 3. The molecular weight excluding hydrogens is 675 g/mol. The molecule has 3 aliphatic rings. The third-order valence-corrected chi connectivity index (χ3v) is 10.3. The summed E-state index contributed by atoms with van der Waals surface area (Å²) in [6.07, 6.45) is 4.76. The van der Waals surface area contributed by atoms with Crippen LogP contribution >= 0.6 is 22.6 Å². The zero-order valence-electron chi connectivity index (χ0n) is 25.4. The van der Waals surface area contributed by atoms with Gasteiger partial charge in [0.1, 0.15) is 12.2 Å². The molecule has 3 unspecified atom stereocenters. The van der Waals surface area contributed by atoms with Crippen LogP contribution in [-0.2, 0) is 22.7 Å². The molecule has 2 saturated carbocycles. The first-order valence-electron chi connectivity index (χ1n) is 15.5. The van der Waals surface area contributed by atoms with Crippen LogP contribution < -0.4 is 14.8 Å². The van der Waals surface area contributed by atoms with Crippen molar-refractivity contribution in [2.24, 2.45) is 17.8 Å². The Morgan fingerprint density at radius 3 is 2.50 bits per heavy atom. The number of rotatable bonds is 12. The van der Waals surface area contributed by atoms with Crippen LogP contribution in [0.25, 0.3) is 0 Å². The lowest BCUT2D eigenvalue weighted by Gasteiger charge is -2.41. The number of nitrogens with one attached hydrogen (secondary N) is 1. The molecule has 9 nitrogen and oxygen atoms in total. The van der Waals surface area contributed by atoms with Gasteiger partial charge in [-0.05, 0) is 95.9 Å². The van der Waals surface area contributed by atoms with E-state index in [1.54, 1.807) is 23.1 Å². The average molecular weight is 719 g/mol. The number of nitrogens with zero attached hydrogens (tertiary/aromatic N) is 1. The maximum atomic E-state index is 14.2. The van der Waals surface area contributed by atoms with Crippen LogP contribution in [0.3, 0.4) is 0 Å². The molecule has 2 amide bonds. The van der Waals surface area contributed by atoms with E-state index in [0.29, 0.717) is 56.9 Å². The van der Waals surface area contributed by atoms with Gasteiger partial charge in [0, 0.05) is 31.5 Å². The second-order valence-electron chi connectivity index (χ2n) is 12.4. The van der Waals surface area contributed by atoms with Crippen molar-refractivity contribution in [2.45, 2.75) is 76.9 Å². The molecule has 3 aliphatic carbocycles. The summed E-state index contributed by atoms with van der Waals surface area (Å²) in [4.78, 5) is 29.2. The van der Waals surface area contributed by atoms with Crippen molar-refractivity contribution in [3.63, 3.8) is 0 Å². The van der Waals surface area contributed by atoms with Gasteiger partial charge < -0.3 is 35.0 Å². The van der Waals surface area contributed by atoms with Gasteiger partial charge in [-0.3, -0.25) is 9.59 Å². The van der Waals surface area contributed by atoms with E-state index in [2.05, 4.69) is 27.9 Å². The van der Waals surface area contributed by atoms with Crippen LogP contribution in [0.1, 0.15) is 55.2 Å². The summed E-state index contributed by atoms with van der Waals surface area (Å²) in [7, 11) is 1.50. The first-order valence-corrected chi connectivity index (χ1v) is 16.5. The molecule has 2 bridgehead atoms. The lowest BCUT2D eigenvalue weighted by atomic mass is 9.84. The largest absolute Gasteiger partial charge is 0.493 e. The van der Waals surface area contributed by atoms with E-state index >= 15 is 0 Å². The molecule has 0 spiro atoms. The molecule has 5 rings (SSSR count). The van der Waals surface area contributed by atoms with E-state index in [1.807, 2.05) is 31.2 Å². The number of hydrogen-bond donors (Lipinski definition) is 4.